The van der Waals surface area contributed by atoms with E-state index < -0.39 is 0 Å². The SMILES string of the molecule is COCCOc1cc(C)ccc1CNC(=O)[C@@H]1C[C@H](OC)CN1C. The Labute approximate surface area is 144 Å². The number of carbonyl (C=O) groups excluding carboxylic acids is 1. The van der Waals surface area contributed by atoms with E-state index in [0.717, 1.165) is 29.8 Å². The molecule has 1 amide bonds. The lowest BCUT2D eigenvalue weighted by molar-refractivity contribution is -0.125. The molecular formula is C18H28N2O4. The first-order valence-corrected chi connectivity index (χ1v) is 8.27. The normalized spacial score (nSPS) is 21.0. The summed E-state index contributed by atoms with van der Waals surface area (Å²) >= 11 is 0. The zero-order chi connectivity index (χ0) is 17.5. The standard InChI is InChI=1S/C18H28N2O4/c1-13-5-6-14(17(9-13)24-8-7-22-3)11-19-18(21)16-10-15(23-4)12-20(16)2/h5-6,9,15-16H,7-8,10-12H2,1-4H3,(H,19,21)/t15-,16-/m0/s1. The number of nitrogens with one attached hydrogen (secondary N) is 1. The second-order valence-electron chi connectivity index (χ2n) is 6.22. The summed E-state index contributed by atoms with van der Waals surface area (Å²) in [4.78, 5) is 14.5. The van der Waals surface area contributed by atoms with Crippen molar-refractivity contribution in [3.05, 3.63) is 29.3 Å². The molecule has 1 aromatic carbocycles. The third-order valence-corrected chi connectivity index (χ3v) is 4.37. The smallest absolute Gasteiger partial charge is 0.237 e. The van der Waals surface area contributed by atoms with Gasteiger partial charge in [-0.1, -0.05) is 12.1 Å². The first-order chi connectivity index (χ1) is 11.5. The van der Waals surface area contributed by atoms with Crippen molar-refractivity contribution in [1.82, 2.24) is 10.2 Å². The quantitative estimate of drug-likeness (QED) is 0.726. The van der Waals surface area contributed by atoms with Gasteiger partial charge in [-0.3, -0.25) is 9.69 Å². The zero-order valence-electron chi connectivity index (χ0n) is 15.0. The summed E-state index contributed by atoms with van der Waals surface area (Å²) in [7, 11) is 5.29. The van der Waals surface area contributed by atoms with Crippen molar-refractivity contribution < 1.29 is 19.0 Å². The molecule has 0 aromatic heterocycles. The van der Waals surface area contributed by atoms with Crippen LogP contribution in [0.25, 0.3) is 0 Å². The minimum Gasteiger partial charge on any atom is -0.491 e. The predicted molar refractivity (Wildman–Crippen MR) is 92.2 cm³/mol. The summed E-state index contributed by atoms with van der Waals surface area (Å²) in [6.45, 7) is 4.27. The molecule has 1 heterocycles. The maximum atomic E-state index is 12.5. The summed E-state index contributed by atoms with van der Waals surface area (Å²) in [5.41, 5.74) is 2.09. The third kappa shape index (κ3) is 4.93. The molecular weight excluding hydrogens is 308 g/mol. The average Bonchev–Trinajstić information content (AvgIpc) is 2.95. The van der Waals surface area contributed by atoms with Gasteiger partial charge in [-0.15, -0.1) is 0 Å². The van der Waals surface area contributed by atoms with Crippen LogP contribution in [0.5, 0.6) is 5.75 Å². The van der Waals surface area contributed by atoms with Crippen LogP contribution in [0.4, 0.5) is 0 Å². The van der Waals surface area contributed by atoms with Crippen molar-refractivity contribution in [3.8, 4) is 5.75 Å². The maximum absolute atomic E-state index is 12.5. The number of nitrogens with zero attached hydrogens (tertiary/aromatic N) is 1. The van der Waals surface area contributed by atoms with Crippen molar-refractivity contribution in [1.29, 1.82) is 0 Å². The molecule has 0 bridgehead atoms. The van der Waals surface area contributed by atoms with Gasteiger partial charge in [-0.05, 0) is 32.0 Å². The Morgan fingerprint density at radius 2 is 2.12 bits per heavy atom. The first-order valence-electron chi connectivity index (χ1n) is 8.27. The number of aryl methyl sites for hydroxylation is 1. The predicted octanol–water partition coefficient (Wildman–Crippen LogP) is 1.36. The molecule has 0 saturated carbocycles. The Hall–Kier alpha value is -1.63. The summed E-state index contributed by atoms with van der Waals surface area (Å²) in [6, 6.07) is 5.86. The summed E-state index contributed by atoms with van der Waals surface area (Å²) in [5.74, 6) is 0.822. The zero-order valence-corrected chi connectivity index (χ0v) is 15.0. The minimum atomic E-state index is -0.141. The van der Waals surface area contributed by atoms with E-state index in [9.17, 15) is 4.79 Å². The van der Waals surface area contributed by atoms with Crippen LogP contribution in [0.15, 0.2) is 18.2 Å². The Balaban J connectivity index is 1.94. The van der Waals surface area contributed by atoms with Gasteiger partial charge in [0.1, 0.15) is 12.4 Å². The lowest BCUT2D eigenvalue weighted by Crippen LogP contribution is -2.41. The largest absolute Gasteiger partial charge is 0.491 e. The monoisotopic (exact) mass is 336 g/mol. The van der Waals surface area contributed by atoms with E-state index in [1.54, 1.807) is 14.2 Å². The number of likely N-dealkylation sites (N-methyl/N-ethyl adjacent to an activating group) is 1. The number of hydrogen-bond acceptors (Lipinski definition) is 5. The van der Waals surface area contributed by atoms with Crippen LogP contribution in [-0.4, -0.2) is 64.0 Å². The third-order valence-electron chi connectivity index (χ3n) is 4.37. The van der Waals surface area contributed by atoms with Gasteiger partial charge >= 0.3 is 0 Å². The molecule has 0 spiro atoms. The molecule has 6 nitrogen and oxygen atoms in total. The number of methoxy groups -OCH3 is 2. The van der Waals surface area contributed by atoms with Gasteiger partial charge in [-0.2, -0.15) is 0 Å². The van der Waals surface area contributed by atoms with Crippen molar-refractivity contribution in [2.24, 2.45) is 0 Å². The average molecular weight is 336 g/mol. The highest BCUT2D eigenvalue weighted by atomic mass is 16.5. The fourth-order valence-corrected chi connectivity index (χ4v) is 2.91. The van der Waals surface area contributed by atoms with Gasteiger partial charge in [0.05, 0.1) is 18.8 Å². The Kier molecular flexibility index (Phi) is 7.02. The highest BCUT2D eigenvalue weighted by Gasteiger charge is 2.34. The molecule has 6 heteroatoms. The molecule has 24 heavy (non-hydrogen) atoms. The second-order valence-corrected chi connectivity index (χ2v) is 6.22. The molecule has 2 rings (SSSR count). The number of rotatable bonds is 8. The van der Waals surface area contributed by atoms with Crippen LogP contribution in [0.2, 0.25) is 0 Å². The van der Waals surface area contributed by atoms with E-state index in [1.807, 2.05) is 37.1 Å². The minimum absolute atomic E-state index is 0.0282. The van der Waals surface area contributed by atoms with Crippen LogP contribution < -0.4 is 10.1 Å². The number of ether oxygens (including phenoxy) is 3. The van der Waals surface area contributed by atoms with Crippen LogP contribution >= 0.6 is 0 Å². The van der Waals surface area contributed by atoms with Crippen LogP contribution in [0, 0.1) is 6.92 Å². The number of hydrogen-bond donors (Lipinski definition) is 1. The van der Waals surface area contributed by atoms with Gasteiger partial charge in [-0.25, -0.2) is 0 Å². The molecule has 0 radical (unpaired) electrons. The van der Waals surface area contributed by atoms with Crippen molar-refractivity contribution in [3.63, 3.8) is 0 Å². The van der Waals surface area contributed by atoms with Gasteiger partial charge in [0.2, 0.25) is 5.91 Å². The first kappa shape index (κ1) is 18.7. The molecule has 1 aromatic rings. The van der Waals surface area contributed by atoms with Gasteiger partial charge in [0.25, 0.3) is 0 Å². The van der Waals surface area contributed by atoms with E-state index in [-0.39, 0.29) is 18.1 Å². The molecule has 1 saturated heterocycles. The number of amides is 1. The summed E-state index contributed by atoms with van der Waals surface area (Å²) in [6.07, 6.45) is 0.849. The van der Waals surface area contributed by atoms with Gasteiger partial charge in [0, 0.05) is 32.9 Å². The lowest BCUT2D eigenvalue weighted by atomic mass is 10.1. The van der Waals surface area contributed by atoms with Crippen molar-refractivity contribution in [2.75, 3.05) is 41.0 Å². The molecule has 134 valence electrons. The van der Waals surface area contributed by atoms with Crippen LogP contribution in [0.3, 0.4) is 0 Å². The Morgan fingerprint density at radius 1 is 1.33 bits per heavy atom. The number of benzene rings is 1. The topological polar surface area (TPSA) is 60.0 Å². The van der Waals surface area contributed by atoms with Crippen molar-refractivity contribution in [2.45, 2.75) is 32.0 Å². The van der Waals surface area contributed by atoms with Crippen molar-refractivity contribution >= 4 is 5.91 Å². The summed E-state index contributed by atoms with van der Waals surface area (Å²) in [5, 5.41) is 3.02. The van der Waals surface area contributed by atoms with Crippen LogP contribution in [0.1, 0.15) is 17.5 Å². The van der Waals surface area contributed by atoms with E-state index >= 15 is 0 Å². The molecule has 0 aliphatic carbocycles. The number of likely N-dealkylation sites (tertiary alicyclic amines) is 1. The lowest BCUT2D eigenvalue weighted by Gasteiger charge is -2.19. The fraction of sp³-hybridized carbons (Fsp3) is 0.611. The highest BCUT2D eigenvalue weighted by molar-refractivity contribution is 5.82. The molecule has 2 atom stereocenters. The van der Waals surface area contributed by atoms with E-state index in [0.29, 0.717) is 19.8 Å². The summed E-state index contributed by atoms with van der Waals surface area (Å²) < 4.78 is 16.1. The van der Waals surface area contributed by atoms with E-state index in [1.165, 1.54) is 0 Å². The number of carbonyl (C=O) groups is 1. The van der Waals surface area contributed by atoms with E-state index in [4.69, 9.17) is 14.2 Å². The van der Waals surface area contributed by atoms with Crippen LogP contribution in [-0.2, 0) is 20.8 Å². The van der Waals surface area contributed by atoms with E-state index in [2.05, 4.69) is 5.32 Å². The maximum Gasteiger partial charge on any atom is 0.237 e. The molecule has 1 fully saturated rings. The fourth-order valence-electron chi connectivity index (χ4n) is 2.91. The highest BCUT2D eigenvalue weighted by Crippen LogP contribution is 2.21. The molecule has 1 aliphatic rings. The Morgan fingerprint density at radius 3 is 2.79 bits per heavy atom. The Bertz CT molecular complexity index is 550. The van der Waals surface area contributed by atoms with Gasteiger partial charge < -0.3 is 19.5 Å². The molecule has 0 unspecified atom stereocenters. The van der Waals surface area contributed by atoms with Gasteiger partial charge in [0.15, 0.2) is 0 Å². The molecule has 1 aliphatic heterocycles. The second kappa shape index (κ2) is 9.01. The molecule has 1 N–H and O–H groups in total.